The minimum atomic E-state index is -0.275. The van der Waals surface area contributed by atoms with Crippen molar-refractivity contribution in [1.29, 1.82) is 0 Å². The molecule has 1 aliphatic heterocycles. The highest BCUT2D eigenvalue weighted by Gasteiger charge is 2.30. The maximum atomic E-state index is 13.0. The molecule has 4 rings (SSSR count). The van der Waals surface area contributed by atoms with E-state index in [1.54, 1.807) is 0 Å². The average Bonchev–Trinajstić information content (AvgIpc) is 3.02. The third kappa shape index (κ3) is 3.09. The van der Waals surface area contributed by atoms with Gasteiger partial charge in [-0.1, -0.05) is 17.7 Å². The molecule has 1 aromatic carbocycles. The van der Waals surface area contributed by atoms with Gasteiger partial charge in [-0.05, 0) is 57.6 Å². The Bertz CT molecular complexity index is 771. The fourth-order valence-corrected chi connectivity index (χ4v) is 3.89. The number of aliphatic hydroxyl groups is 1. The Balaban J connectivity index is 1.70. The van der Waals surface area contributed by atoms with Gasteiger partial charge < -0.3 is 10.0 Å². The lowest BCUT2D eigenvalue weighted by Gasteiger charge is -2.29. The van der Waals surface area contributed by atoms with E-state index in [2.05, 4.69) is 31.2 Å². The van der Waals surface area contributed by atoms with Gasteiger partial charge in [-0.2, -0.15) is 5.10 Å². The molecular formula is C20H25N3O2. The standard InChI is InChI=1S/C20H25N3O2/c1-14-6-8-15(9-7-14)23-18-5-3-2-4-17(18)19(21-23)20(25)22-12-10-16(24)11-13-22/h6-9,16,24H,2-5,10-13H2,1H3. The zero-order valence-corrected chi connectivity index (χ0v) is 14.7. The van der Waals surface area contributed by atoms with Crippen molar-refractivity contribution in [3.8, 4) is 5.69 Å². The van der Waals surface area contributed by atoms with E-state index in [0.29, 0.717) is 31.6 Å². The van der Waals surface area contributed by atoms with Crippen LogP contribution in [0, 0.1) is 6.92 Å². The Morgan fingerprint density at radius 1 is 1.12 bits per heavy atom. The highest BCUT2D eigenvalue weighted by molar-refractivity contribution is 5.94. The monoisotopic (exact) mass is 339 g/mol. The van der Waals surface area contributed by atoms with Crippen molar-refractivity contribution < 1.29 is 9.90 Å². The first kappa shape index (κ1) is 16.3. The number of benzene rings is 1. The average molecular weight is 339 g/mol. The van der Waals surface area contributed by atoms with E-state index in [1.807, 2.05) is 9.58 Å². The second kappa shape index (κ2) is 6.64. The summed E-state index contributed by atoms with van der Waals surface area (Å²) in [6, 6.07) is 8.31. The molecule has 25 heavy (non-hydrogen) atoms. The number of likely N-dealkylation sites (tertiary alicyclic amines) is 1. The summed E-state index contributed by atoms with van der Waals surface area (Å²) in [6.07, 6.45) is 5.21. The normalized spacial score (nSPS) is 18.2. The van der Waals surface area contributed by atoms with Crippen molar-refractivity contribution in [1.82, 2.24) is 14.7 Å². The molecule has 0 atom stereocenters. The van der Waals surface area contributed by atoms with Crippen LogP contribution in [0.4, 0.5) is 0 Å². The van der Waals surface area contributed by atoms with E-state index < -0.39 is 0 Å². The second-order valence-electron chi connectivity index (χ2n) is 7.25. The van der Waals surface area contributed by atoms with Gasteiger partial charge in [-0.25, -0.2) is 4.68 Å². The summed E-state index contributed by atoms with van der Waals surface area (Å²) in [5.74, 6) is 0.0240. The van der Waals surface area contributed by atoms with Gasteiger partial charge in [0, 0.05) is 24.3 Å². The van der Waals surface area contributed by atoms with Crippen LogP contribution in [0.3, 0.4) is 0 Å². The summed E-state index contributed by atoms with van der Waals surface area (Å²) in [5.41, 5.74) is 5.18. The molecule has 1 aromatic heterocycles. The zero-order valence-electron chi connectivity index (χ0n) is 14.7. The van der Waals surface area contributed by atoms with E-state index in [4.69, 9.17) is 5.10 Å². The van der Waals surface area contributed by atoms with Gasteiger partial charge in [0.15, 0.2) is 5.69 Å². The lowest BCUT2D eigenvalue weighted by molar-refractivity contribution is 0.0540. The molecular weight excluding hydrogens is 314 g/mol. The molecule has 2 aliphatic rings. The van der Waals surface area contributed by atoms with Gasteiger partial charge in [0.2, 0.25) is 0 Å². The molecule has 1 saturated heterocycles. The number of hydrogen-bond acceptors (Lipinski definition) is 3. The Morgan fingerprint density at radius 3 is 2.52 bits per heavy atom. The highest BCUT2D eigenvalue weighted by Crippen LogP contribution is 2.28. The predicted octanol–water partition coefficient (Wildman–Crippen LogP) is 2.66. The summed E-state index contributed by atoms with van der Waals surface area (Å²) < 4.78 is 1.97. The number of rotatable bonds is 2. The molecule has 0 bridgehead atoms. The summed E-state index contributed by atoms with van der Waals surface area (Å²) in [4.78, 5) is 14.9. The maximum Gasteiger partial charge on any atom is 0.274 e. The van der Waals surface area contributed by atoms with E-state index in [1.165, 1.54) is 11.3 Å². The Labute approximate surface area is 148 Å². The molecule has 1 fully saturated rings. The number of carbonyl (C=O) groups excluding carboxylic acids is 1. The lowest BCUT2D eigenvalue weighted by Crippen LogP contribution is -2.40. The molecule has 5 nitrogen and oxygen atoms in total. The highest BCUT2D eigenvalue weighted by atomic mass is 16.3. The minimum Gasteiger partial charge on any atom is -0.393 e. The number of aryl methyl sites for hydroxylation is 1. The van der Waals surface area contributed by atoms with Crippen LogP contribution in [0.5, 0.6) is 0 Å². The number of piperidine rings is 1. The fraction of sp³-hybridized carbons (Fsp3) is 0.500. The van der Waals surface area contributed by atoms with Crippen molar-refractivity contribution in [2.24, 2.45) is 0 Å². The van der Waals surface area contributed by atoms with E-state index in [9.17, 15) is 9.90 Å². The van der Waals surface area contributed by atoms with Crippen molar-refractivity contribution in [2.75, 3.05) is 13.1 Å². The summed E-state index contributed by atoms with van der Waals surface area (Å²) in [7, 11) is 0. The first-order valence-corrected chi connectivity index (χ1v) is 9.28. The zero-order chi connectivity index (χ0) is 17.4. The van der Waals surface area contributed by atoms with Gasteiger partial charge >= 0.3 is 0 Å². The number of carbonyl (C=O) groups is 1. The SMILES string of the molecule is Cc1ccc(-n2nc(C(=O)N3CCC(O)CC3)c3c2CCCC3)cc1. The molecule has 2 heterocycles. The topological polar surface area (TPSA) is 58.4 Å². The molecule has 5 heteroatoms. The van der Waals surface area contributed by atoms with Crippen LogP contribution in [-0.4, -0.2) is 44.9 Å². The molecule has 1 amide bonds. The Morgan fingerprint density at radius 2 is 1.80 bits per heavy atom. The van der Waals surface area contributed by atoms with Crippen molar-refractivity contribution in [3.63, 3.8) is 0 Å². The third-order valence-corrected chi connectivity index (χ3v) is 5.41. The van der Waals surface area contributed by atoms with Gasteiger partial charge in [0.05, 0.1) is 11.8 Å². The van der Waals surface area contributed by atoms with Gasteiger partial charge in [-0.3, -0.25) is 4.79 Å². The van der Waals surface area contributed by atoms with Crippen molar-refractivity contribution in [2.45, 2.75) is 51.6 Å². The molecule has 0 spiro atoms. The van der Waals surface area contributed by atoms with Crippen LogP contribution in [0.15, 0.2) is 24.3 Å². The molecule has 0 radical (unpaired) electrons. The number of amides is 1. The van der Waals surface area contributed by atoms with E-state index in [-0.39, 0.29) is 12.0 Å². The van der Waals surface area contributed by atoms with Gasteiger partial charge in [0.25, 0.3) is 5.91 Å². The number of nitrogens with zero attached hydrogens (tertiary/aromatic N) is 3. The largest absolute Gasteiger partial charge is 0.393 e. The number of aromatic nitrogens is 2. The maximum absolute atomic E-state index is 13.0. The third-order valence-electron chi connectivity index (χ3n) is 5.41. The van der Waals surface area contributed by atoms with Crippen LogP contribution in [0.25, 0.3) is 5.69 Å². The lowest BCUT2D eigenvalue weighted by atomic mass is 9.95. The quantitative estimate of drug-likeness (QED) is 0.915. The van der Waals surface area contributed by atoms with Crippen LogP contribution in [0.2, 0.25) is 0 Å². The number of fused-ring (bicyclic) bond motifs is 1. The van der Waals surface area contributed by atoms with E-state index in [0.717, 1.165) is 36.9 Å². The van der Waals surface area contributed by atoms with Gasteiger partial charge in [-0.15, -0.1) is 0 Å². The summed E-state index contributed by atoms with van der Waals surface area (Å²) in [6.45, 7) is 3.31. The molecule has 1 N–H and O–H groups in total. The molecule has 1 aliphatic carbocycles. The Kier molecular flexibility index (Phi) is 4.34. The number of hydrogen-bond donors (Lipinski definition) is 1. The summed E-state index contributed by atoms with van der Waals surface area (Å²) in [5, 5.41) is 14.4. The summed E-state index contributed by atoms with van der Waals surface area (Å²) >= 11 is 0. The van der Waals surface area contributed by atoms with Crippen LogP contribution in [0.1, 0.15) is 53.0 Å². The minimum absolute atomic E-state index is 0.0240. The van der Waals surface area contributed by atoms with Gasteiger partial charge in [0.1, 0.15) is 0 Å². The van der Waals surface area contributed by atoms with Crippen molar-refractivity contribution in [3.05, 3.63) is 46.8 Å². The molecule has 0 saturated carbocycles. The first-order valence-electron chi connectivity index (χ1n) is 9.28. The van der Waals surface area contributed by atoms with Crippen LogP contribution < -0.4 is 0 Å². The molecule has 0 unspecified atom stereocenters. The predicted molar refractivity (Wildman–Crippen MR) is 96.1 cm³/mol. The molecule has 132 valence electrons. The van der Waals surface area contributed by atoms with Crippen molar-refractivity contribution >= 4 is 5.91 Å². The number of aliphatic hydroxyl groups excluding tert-OH is 1. The van der Waals surface area contributed by atoms with Crippen LogP contribution in [-0.2, 0) is 12.8 Å². The first-order chi connectivity index (χ1) is 12.1. The van der Waals surface area contributed by atoms with E-state index >= 15 is 0 Å². The second-order valence-corrected chi connectivity index (χ2v) is 7.25. The Hall–Kier alpha value is -2.14. The molecule has 2 aromatic rings. The fourth-order valence-electron chi connectivity index (χ4n) is 3.89. The van der Waals surface area contributed by atoms with Crippen LogP contribution >= 0.6 is 0 Å². The smallest absolute Gasteiger partial charge is 0.274 e.